The summed E-state index contributed by atoms with van der Waals surface area (Å²) in [6, 6.07) is 6.97. The van der Waals surface area contributed by atoms with Crippen molar-refractivity contribution in [3.05, 3.63) is 41.0 Å². The van der Waals surface area contributed by atoms with Crippen LogP contribution in [0.15, 0.2) is 29.2 Å². The summed E-state index contributed by atoms with van der Waals surface area (Å²) in [5, 5.41) is 1.94. The van der Waals surface area contributed by atoms with Crippen LogP contribution in [0, 0.1) is 0 Å². The Kier molecular flexibility index (Phi) is 4.88. The fraction of sp³-hybridized carbons (Fsp3) is 0.474. The van der Waals surface area contributed by atoms with Crippen LogP contribution in [0.2, 0.25) is 0 Å². The third-order valence-electron chi connectivity index (χ3n) is 4.30. The summed E-state index contributed by atoms with van der Waals surface area (Å²) in [4.78, 5) is -0.0493. The predicted molar refractivity (Wildman–Crippen MR) is 96.0 cm³/mol. The Morgan fingerprint density at radius 2 is 1.39 bits per heavy atom. The van der Waals surface area contributed by atoms with Crippen molar-refractivity contribution in [3.63, 3.8) is 0 Å². The second kappa shape index (κ2) is 6.25. The third-order valence-corrected chi connectivity index (χ3v) is 5.15. The summed E-state index contributed by atoms with van der Waals surface area (Å²) < 4.78 is 32.2. The van der Waals surface area contributed by atoms with Gasteiger partial charge in [0.05, 0.1) is 4.90 Å². The summed E-state index contributed by atoms with van der Waals surface area (Å²) in [5.41, 5.74) is 3.90. The maximum Gasteiger partial charge on any atom is 0.294 e. The number of hydrogen-bond acceptors (Lipinski definition) is 2. The zero-order valence-electron chi connectivity index (χ0n) is 14.7. The number of rotatable bonds is 4. The molecule has 2 rings (SSSR count). The molecule has 0 unspecified atom stereocenters. The normalized spacial score (nSPS) is 12.8. The SMILES string of the molecule is CC(C)c1cc2cc(S(=O)(=O)O)ccc2c(C(C)C)c1C(C)C. The van der Waals surface area contributed by atoms with E-state index in [0.717, 1.165) is 10.8 Å². The maximum atomic E-state index is 11.4. The van der Waals surface area contributed by atoms with Gasteiger partial charge in [-0.3, -0.25) is 4.55 Å². The fourth-order valence-corrected chi connectivity index (χ4v) is 3.87. The van der Waals surface area contributed by atoms with Crippen LogP contribution in [-0.4, -0.2) is 13.0 Å². The molecule has 126 valence electrons. The lowest BCUT2D eigenvalue weighted by atomic mass is 9.80. The standard InChI is InChI=1S/C19H26O3S/c1-11(2)17-10-14-9-15(23(20,21)22)7-8-16(14)18(12(3)4)19(17)13(5)6/h7-13H,1-6H3,(H,20,21,22). The molecule has 0 spiro atoms. The molecular formula is C19H26O3S. The molecule has 0 aliphatic carbocycles. The van der Waals surface area contributed by atoms with E-state index in [0.29, 0.717) is 17.8 Å². The monoisotopic (exact) mass is 334 g/mol. The summed E-state index contributed by atoms with van der Waals surface area (Å²) >= 11 is 0. The van der Waals surface area contributed by atoms with Gasteiger partial charge in [-0.25, -0.2) is 0 Å². The molecule has 2 aromatic carbocycles. The van der Waals surface area contributed by atoms with Crippen molar-refractivity contribution >= 4 is 20.9 Å². The average Bonchev–Trinajstić information content (AvgIpc) is 2.42. The second-order valence-corrected chi connectivity index (χ2v) is 8.54. The first-order valence-corrected chi connectivity index (χ1v) is 9.56. The highest BCUT2D eigenvalue weighted by molar-refractivity contribution is 7.85. The molecule has 0 amide bonds. The summed E-state index contributed by atoms with van der Waals surface area (Å²) in [6.45, 7) is 13.0. The van der Waals surface area contributed by atoms with E-state index >= 15 is 0 Å². The summed E-state index contributed by atoms with van der Waals surface area (Å²) in [6.07, 6.45) is 0. The molecule has 23 heavy (non-hydrogen) atoms. The van der Waals surface area contributed by atoms with E-state index in [2.05, 4.69) is 47.6 Å². The van der Waals surface area contributed by atoms with Crippen LogP contribution in [0.1, 0.15) is 76.0 Å². The smallest absolute Gasteiger partial charge is 0.282 e. The zero-order chi connectivity index (χ0) is 17.5. The van der Waals surface area contributed by atoms with E-state index in [-0.39, 0.29) is 4.90 Å². The predicted octanol–water partition coefficient (Wildman–Crippen LogP) is 5.46. The third kappa shape index (κ3) is 3.43. The Morgan fingerprint density at radius 1 is 0.826 bits per heavy atom. The molecule has 0 saturated carbocycles. The Morgan fingerprint density at radius 3 is 1.83 bits per heavy atom. The Labute approximate surface area is 139 Å². The molecule has 0 aromatic heterocycles. The van der Waals surface area contributed by atoms with E-state index in [9.17, 15) is 13.0 Å². The Bertz CT molecular complexity index is 831. The molecule has 0 heterocycles. The number of hydrogen-bond donors (Lipinski definition) is 1. The van der Waals surface area contributed by atoms with Gasteiger partial charge in [0.15, 0.2) is 0 Å². The van der Waals surface area contributed by atoms with E-state index in [4.69, 9.17) is 0 Å². The Hall–Kier alpha value is -1.39. The minimum atomic E-state index is -4.19. The minimum Gasteiger partial charge on any atom is -0.282 e. The molecule has 0 atom stereocenters. The molecule has 0 aliphatic heterocycles. The first-order valence-electron chi connectivity index (χ1n) is 8.12. The van der Waals surface area contributed by atoms with Crippen molar-refractivity contribution in [2.75, 3.05) is 0 Å². The molecular weight excluding hydrogens is 308 g/mol. The van der Waals surface area contributed by atoms with Crippen LogP contribution in [0.4, 0.5) is 0 Å². The van der Waals surface area contributed by atoms with Crippen LogP contribution in [0.5, 0.6) is 0 Å². The molecule has 0 radical (unpaired) electrons. The van der Waals surface area contributed by atoms with Crippen molar-refractivity contribution in [2.45, 2.75) is 64.2 Å². The summed E-state index contributed by atoms with van der Waals surface area (Å²) in [5.74, 6) is 1.09. The molecule has 4 heteroatoms. The van der Waals surface area contributed by atoms with E-state index in [1.165, 1.54) is 22.8 Å². The van der Waals surface area contributed by atoms with Gasteiger partial charge in [0.2, 0.25) is 0 Å². The zero-order valence-corrected chi connectivity index (χ0v) is 15.5. The highest BCUT2D eigenvalue weighted by Crippen LogP contribution is 2.39. The Balaban J connectivity index is 2.96. The van der Waals surface area contributed by atoms with E-state index < -0.39 is 10.1 Å². The van der Waals surface area contributed by atoms with Gasteiger partial charge in [-0.2, -0.15) is 8.42 Å². The average molecular weight is 334 g/mol. The van der Waals surface area contributed by atoms with Gasteiger partial charge in [-0.15, -0.1) is 0 Å². The molecule has 0 saturated heterocycles. The van der Waals surface area contributed by atoms with Crippen molar-refractivity contribution < 1.29 is 13.0 Å². The van der Waals surface area contributed by atoms with Crippen molar-refractivity contribution in [1.82, 2.24) is 0 Å². The lowest BCUT2D eigenvalue weighted by Gasteiger charge is -2.25. The molecule has 0 bridgehead atoms. The van der Waals surface area contributed by atoms with Crippen molar-refractivity contribution in [1.29, 1.82) is 0 Å². The lowest BCUT2D eigenvalue weighted by molar-refractivity contribution is 0.483. The summed E-state index contributed by atoms with van der Waals surface area (Å²) in [7, 11) is -4.19. The molecule has 1 N–H and O–H groups in total. The first kappa shape index (κ1) is 18.0. The largest absolute Gasteiger partial charge is 0.294 e. The van der Waals surface area contributed by atoms with Gasteiger partial charge in [0.25, 0.3) is 10.1 Å². The van der Waals surface area contributed by atoms with Crippen LogP contribution in [0.25, 0.3) is 10.8 Å². The van der Waals surface area contributed by atoms with Gasteiger partial charge in [-0.1, -0.05) is 53.7 Å². The van der Waals surface area contributed by atoms with E-state index in [1.807, 2.05) is 6.07 Å². The maximum absolute atomic E-state index is 11.4. The van der Waals surface area contributed by atoms with Crippen LogP contribution in [0.3, 0.4) is 0 Å². The van der Waals surface area contributed by atoms with Crippen molar-refractivity contribution in [3.8, 4) is 0 Å². The first-order chi connectivity index (χ1) is 10.5. The molecule has 3 nitrogen and oxygen atoms in total. The van der Waals surface area contributed by atoms with Gasteiger partial charge < -0.3 is 0 Å². The molecule has 0 aliphatic rings. The van der Waals surface area contributed by atoms with Gasteiger partial charge in [0.1, 0.15) is 0 Å². The number of benzene rings is 2. The van der Waals surface area contributed by atoms with Crippen molar-refractivity contribution in [2.24, 2.45) is 0 Å². The fourth-order valence-electron chi connectivity index (χ4n) is 3.36. The highest BCUT2D eigenvalue weighted by atomic mass is 32.2. The van der Waals surface area contributed by atoms with Gasteiger partial charge in [0, 0.05) is 0 Å². The quantitative estimate of drug-likeness (QED) is 0.756. The highest BCUT2D eigenvalue weighted by Gasteiger charge is 2.21. The van der Waals surface area contributed by atoms with Crippen LogP contribution in [-0.2, 0) is 10.1 Å². The topological polar surface area (TPSA) is 54.4 Å². The van der Waals surface area contributed by atoms with Gasteiger partial charge in [-0.05, 0) is 57.3 Å². The lowest BCUT2D eigenvalue weighted by Crippen LogP contribution is -2.07. The van der Waals surface area contributed by atoms with Crippen LogP contribution < -0.4 is 0 Å². The molecule has 2 aromatic rings. The van der Waals surface area contributed by atoms with E-state index in [1.54, 1.807) is 6.07 Å². The number of fused-ring (bicyclic) bond motifs is 1. The molecule has 0 fully saturated rings. The van der Waals surface area contributed by atoms with Gasteiger partial charge >= 0.3 is 0 Å². The minimum absolute atomic E-state index is 0.0493. The second-order valence-electron chi connectivity index (χ2n) is 7.12. The van der Waals surface area contributed by atoms with Crippen LogP contribution >= 0.6 is 0 Å².